The number of hydrogen-bond donors (Lipinski definition) is 0. The van der Waals surface area contributed by atoms with Gasteiger partial charge in [0.15, 0.2) is 0 Å². The number of anilines is 2. The summed E-state index contributed by atoms with van der Waals surface area (Å²) in [5.41, 5.74) is 8.95. The van der Waals surface area contributed by atoms with Crippen LogP contribution in [0.2, 0.25) is 0 Å². The molecule has 2 nitrogen and oxygen atoms in total. The lowest BCUT2D eigenvalue weighted by atomic mass is 9.90. The van der Waals surface area contributed by atoms with Gasteiger partial charge < -0.3 is 9.80 Å². The lowest BCUT2D eigenvalue weighted by Gasteiger charge is -2.40. The molecule has 1 saturated heterocycles. The molecule has 0 aliphatic carbocycles. The Kier molecular flexibility index (Phi) is 7.63. The third-order valence-corrected chi connectivity index (χ3v) is 7.08. The van der Waals surface area contributed by atoms with E-state index in [0.717, 1.165) is 13.1 Å². The van der Waals surface area contributed by atoms with Gasteiger partial charge in [0.05, 0.1) is 0 Å². The van der Waals surface area contributed by atoms with Crippen molar-refractivity contribution in [1.29, 1.82) is 0 Å². The van der Waals surface area contributed by atoms with Gasteiger partial charge in [0, 0.05) is 24.5 Å². The number of benzene rings is 2. The molecule has 2 aromatic carbocycles. The third kappa shape index (κ3) is 4.56. The van der Waals surface area contributed by atoms with Crippen molar-refractivity contribution in [1.82, 2.24) is 0 Å². The van der Waals surface area contributed by atoms with Crippen LogP contribution in [0.5, 0.6) is 0 Å². The quantitative estimate of drug-likeness (QED) is 0.431. The van der Waals surface area contributed by atoms with Crippen molar-refractivity contribution in [3.8, 4) is 0 Å². The second-order valence-corrected chi connectivity index (χ2v) is 11.2. The molecule has 2 aromatic rings. The summed E-state index contributed by atoms with van der Waals surface area (Å²) in [6, 6.07) is 13.9. The zero-order valence-electron chi connectivity index (χ0n) is 22.2. The van der Waals surface area contributed by atoms with Gasteiger partial charge in [-0.15, -0.1) is 0 Å². The average molecular weight is 435 g/mol. The zero-order valence-corrected chi connectivity index (χ0v) is 22.2. The fourth-order valence-electron chi connectivity index (χ4n) is 5.54. The molecule has 0 atom stereocenters. The molecule has 3 rings (SSSR count). The van der Waals surface area contributed by atoms with E-state index in [-0.39, 0.29) is 0 Å². The van der Waals surface area contributed by atoms with E-state index in [0.29, 0.717) is 35.8 Å². The maximum absolute atomic E-state index is 2.75. The summed E-state index contributed by atoms with van der Waals surface area (Å²) in [6.45, 7) is 25.7. The Morgan fingerprint density at radius 3 is 1.03 bits per heavy atom. The normalized spacial score (nSPS) is 15.5. The summed E-state index contributed by atoms with van der Waals surface area (Å²) in [4.78, 5) is 5.49. The molecule has 32 heavy (non-hydrogen) atoms. The van der Waals surface area contributed by atoms with Gasteiger partial charge >= 0.3 is 0 Å². The highest BCUT2D eigenvalue weighted by molar-refractivity contribution is 5.69. The van der Waals surface area contributed by atoms with Gasteiger partial charge in [0.2, 0.25) is 0 Å². The molecule has 1 aliphatic heterocycles. The van der Waals surface area contributed by atoms with Crippen LogP contribution in [0.1, 0.15) is 115 Å². The van der Waals surface area contributed by atoms with Crippen molar-refractivity contribution in [3.05, 3.63) is 58.7 Å². The van der Waals surface area contributed by atoms with E-state index in [2.05, 4.69) is 115 Å². The predicted molar refractivity (Wildman–Crippen MR) is 143 cm³/mol. The van der Waals surface area contributed by atoms with Gasteiger partial charge in [-0.05, 0) is 51.8 Å². The fraction of sp³-hybridized carbons (Fsp3) is 0.600. The summed E-state index contributed by atoms with van der Waals surface area (Å²) in [6.07, 6.45) is 0.366. The van der Waals surface area contributed by atoms with E-state index < -0.39 is 0 Å². The molecule has 1 fully saturated rings. The summed E-state index contributed by atoms with van der Waals surface area (Å²) in [5.74, 6) is 2.58. The Labute approximate surface area is 198 Å². The molecule has 0 aromatic heterocycles. The van der Waals surface area contributed by atoms with Gasteiger partial charge in [-0.25, -0.2) is 0 Å². The highest BCUT2D eigenvalue weighted by atomic mass is 15.4. The van der Waals surface area contributed by atoms with Crippen LogP contribution < -0.4 is 9.80 Å². The first kappa shape index (κ1) is 24.7. The molecule has 0 spiro atoms. The molecule has 176 valence electrons. The van der Waals surface area contributed by atoms with Gasteiger partial charge in [0.1, 0.15) is 6.17 Å². The largest absolute Gasteiger partial charge is 0.349 e. The maximum atomic E-state index is 2.75. The van der Waals surface area contributed by atoms with Gasteiger partial charge in [0.25, 0.3) is 0 Å². The van der Waals surface area contributed by atoms with Crippen molar-refractivity contribution in [2.75, 3.05) is 22.9 Å². The molecule has 2 heteroatoms. The molecule has 1 aliphatic rings. The van der Waals surface area contributed by atoms with Crippen LogP contribution in [0.3, 0.4) is 0 Å². The highest BCUT2D eigenvalue weighted by Crippen LogP contribution is 2.44. The second-order valence-electron chi connectivity index (χ2n) is 11.2. The van der Waals surface area contributed by atoms with Crippen LogP contribution in [0.15, 0.2) is 36.4 Å². The summed E-state index contributed by atoms with van der Waals surface area (Å²) < 4.78 is 0. The van der Waals surface area contributed by atoms with Crippen molar-refractivity contribution in [2.45, 2.75) is 99.1 Å². The van der Waals surface area contributed by atoms with Gasteiger partial charge in [-0.1, -0.05) is 106 Å². The van der Waals surface area contributed by atoms with Crippen LogP contribution in [-0.4, -0.2) is 19.3 Å². The Morgan fingerprint density at radius 2 is 0.812 bits per heavy atom. The summed E-state index contributed by atoms with van der Waals surface area (Å²) in [5, 5.41) is 0. The Morgan fingerprint density at radius 1 is 0.531 bits per heavy atom. The topological polar surface area (TPSA) is 6.48 Å². The van der Waals surface area contributed by atoms with Crippen LogP contribution >= 0.6 is 0 Å². The molecular formula is C30H46N2. The van der Waals surface area contributed by atoms with Crippen molar-refractivity contribution in [3.63, 3.8) is 0 Å². The van der Waals surface area contributed by atoms with Crippen LogP contribution in [0.25, 0.3) is 0 Å². The molecular weight excluding hydrogens is 388 g/mol. The van der Waals surface area contributed by atoms with E-state index in [4.69, 9.17) is 0 Å². The first-order valence-corrected chi connectivity index (χ1v) is 12.8. The van der Waals surface area contributed by atoms with E-state index in [1.165, 1.54) is 33.6 Å². The second kappa shape index (κ2) is 9.89. The molecule has 0 saturated carbocycles. The first-order chi connectivity index (χ1) is 15.1. The molecule has 0 amide bonds. The van der Waals surface area contributed by atoms with Crippen molar-refractivity contribution < 1.29 is 0 Å². The van der Waals surface area contributed by atoms with Crippen LogP contribution in [0, 0.1) is 5.92 Å². The van der Waals surface area contributed by atoms with Crippen molar-refractivity contribution in [2.24, 2.45) is 5.92 Å². The molecule has 0 bridgehead atoms. The fourth-order valence-corrected chi connectivity index (χ4v) is 5.54. The molecule has 0 radical (unpaired) electrons. The van der Waals surface area contributed by atoms with Crippen molar-refractivity contribution >= 4 is 11.4 Å². The summed E-state index contributed by atoms with van der Waals surface area (Å²) >= 11 is 0. The molecule has 0 N–H and O–H groups in total. The van der Waals surface area contributed by atoms with E-state index in [1.807, 2.05) is 0 Å². The Hall–Kier alpha value is -1.96. The molecule has 1 heterocycles. The van der Waals surface area contributed by atoms with E-state index in [1.54, 1.807) is 0 Å². The maximum Gasteiger partial charge on any atom is 0.104 e. The number of para-hydroxylation sites is 2. The van der Waals surface area contributed by atoms with Crippen LogP contribution in [-0.2, 0) is 0 Å². The lowest BCUT2D eigenvalue weighted by Crippen LogP contribution is -2.44. The first-order valence-electron chi connectivity index (χ1n) is 12.8. The Balaban J connectivity index is 2.20. The summed E-state index contributed by atoms with van der Waals surface area (Å²) in [7, 11) is 0. The standard InChI is InChI=1S/C30H46N2/c1-19(2)24-13-11-14-25(20(3)4)28(24)31-17-18-32(30(31)23(9)10)29-26(21(5)6)15-12-16-27(29)22(7)8/h11-16,19-23,30H,17-18H2,1-10H3. The number of nitrogens with zero attached hydrogens (tertiary/aromatic N) is 2. The predicted octanol–water partition coefficient (Wildman–Crippen LogP) is 8.49. The Bertz CT molecular complexity index is 783. The van der Waals surface area contributed by atoms with Gasteiger partial charge in [-0.2, -0.15) is 0 Å². The minimum Gasteiger partial charge on any atom is -0.349 e. The SMILES string of the molecule is CC(C)c1cccc(C(C)C)c1N1CCN(c2c(C(C)C)cccc2C(C)C)C1C(C)C. The minimum atomic E-state index is 0.366. The smallest absolute Gasteiger partial charge is 0.104 e. The monoisotopic (exact) mass is 434 g/mol. The highest BCUT2D eigenvalue weighted by Gasteiger charge is 2.38. The number of hydrogen-bond acceptors (Lipinski definition) is 2. The third-order valence-electron chi connectivity index (χ3n) is 7.08. The van der Waals surface area contributed by atoms with Gasteiger partial charge in [-0.3, -0.25) is 0 Å². The zero-order chi connectivity index (χ0) is 23.7. The van der Waals surface area contributed by atoms with E-state index in [9.17, 15) is 0 Å². The minimum absolute atomic E-state index is 0.366. The lowest BCUT2D eigenvalue weighted by molar-refractivity contribution is 0.489. The number of rotatable bonds is 7. The molecule has 0 unspecified atom stereocenters. The van der Waals surface area contributed by atoms with Crippen LogP contribution in [0.4, 0.5) is 11.4 Å². The van der Waals surface area contributed by atoms with E-state index >= 15 is 0 Å². The average Bonchev–Trinajstić information content (AvgIpc) is 3.17.